The summed E-state index contributed by atoms with van der Waals surface area (Å²) >= 11 is 0. The Balaban J connectivity index is 1.12. The van der Waals surface area contributed by atoms with E-state index in [9.17, 15) is 38.9 Å². The lowest BCUT2D eigenvalue weighted by Crippen LogP contribution is -2.17. The van der Waals surface area contributed by atoms with Crippen molar-refractivity contribution in [2.45, 2.75) is 38.5 Å². The quantitative estimate of drug-likeness (QED) is 0.0279. The van der Waals surface area contributed by atoms with Crippen molar-refractivity contribution in [3.05, 3.63) is 99.3 Å². The van der Waals surface area contributed by atoms with Gasteiger partial charge in [0.15, 0.2) is 28.9 Å². The van der Waals surface area contributed by atoms with Gasteiger partial charge in [-0.3, -0.25) is 34.1 Å². The second kappa shape index (κ2) is 21.0. The van der Waals surface area contributed by atoms with Crippen LogP contribution < -0.4 is 25.4 Å². The molecule has 3 amide bonds. The van der Waals surface area contributed by atoms with Gasteiger partial charge in [-0.2, -0.15) is 0 Å². The van der Waals surface area contributed by atoms with Crippen LogP contribution >= 0.6 is 0 Å². The Hall–Kier alpha value is -7.55. The van der Waals surface area contributed by atoms with Crippen LogP contribution in [0.1, 0.15) is 90.1 Å². The molecule has 3 N–H and O–H groups in total. The van der Waals surface area contributed by atoms with E-state index in [4.69, 9.17) is 9.47 Å². The summed E-state index contributed by atoms with van der Waals surface area (Å²) in [5.74, 6) is -2.47. The van der Waals surface area contributed by atoms with Crippen LogP contribution in [0.5, 0.6) is 11.5 Å². The molecule has 0 spiro atoms. The van der Waals surface area contributed by atoms with Crippen molar-refractivity contribution in [1.82, 2.24) is 28.2 Å². The largest absolute Gasteiger partial charge is 0.493 e. The lowest BCUT2D eigenvalue weighted by Gasteiger charge is -2.12. The van der Waals surface area contributed by atoms with Gasteiger partial charge in [0.1, 0.15) is 11.3 Å². The first-order chi connectivity index (χ1) is 30.4. The number of ketones is 2. The molecule has 0 saturated carbocycles. The average molecular weight is 885 g/mol. The summed E-state index contributed by atoms with van der Waals surface area (Å²) in [7, 11) is 13.1. The molecule has 0 aliphatic rings. The number of imidazole rings is 1. The standard InChI is InChI=1S/C43H52N10O11/c1-48(2)14-10-9-12-34(54)31-18-27(23-50(31)4)44-41(57)33-16-26(22-49(33)3)17-35(55)32-19-28(24-51(32)5)45-42(58)40-47-38(25-52(40)6)46-39(56)13-11-15-64-37-21-30(53(60)61)29(43(59)63-8)20-36(37)62-7/h16,18-25H,9-15,17H2,1-8H3,(H,44,57)(H,45,58)(H,46,56). The molecule has 340 valence electrons. The molecule has 0 saturated heterocycles. The Bertz CT molecular complexity index is 2580. The Morgan fingerprint density at radius 3 is 1.98 bits per heavy atom. The lowest BCUT2D eigenvalue weighted by atomic mass is 10.1. The summed E-state index contributed by atoms with van der Waals surface area (Å²) in [4.78, 5) is 94.7. The number of Topliss-reactive ketones (excluding diaryl/α,β-unsaturated/α-hetero) is 2. The maximum atomic E-state index is 13.5. The molecule has 0 unspecified atom stereocenters. The summed E-state index contributed by atoms with van der Waals surface area (Å²) in [5.41, 5.74) is 1.70. The number of rotatable bonds is 22. The number of nitro benzene ring substituents is 1. The first-order valence-corrected chi connectivity index (χ1v) is 20.1. The number of benzene rings is 1. The number of methoxy groups -OCH3 is 2. The van der Waals surface area contributed by atoms with Crippen molar-refractivity contribution in [3.63, 3.8) is 0 Å². The van der Waals surface area contributed by atoms with Crippen LogP contribution in [-0.2, 0) is 44.1 Å². The molecule has 64 heavy (non-hydrogen) atoms. The predicted molar refractivity (Wildman–Crippen MR) is 234 cm³/mol. The number of aryl methyl sites for hydroxylation is 4. The number of nitrogens with one attached hydrogen (secondary N) is 3. The molecule has 0 radical (unpaired) electrons. The molecular weight excluding hydrogens is 833 g/mol. The number of ether oxygens (including phenoxy) is 3. The molecule has 4 aromatic heterocycles. The van der Waals surface area contributed by atoms with Crippen LogP contribution in [0, 0.1) is 10.1 Å². The van der Waals surface area contributed by atoms with Crippen molar-refractivity contribution in [2.24, 2.45) is 28.2 Å². The SMILES string of the molecule is COC(=O)c1cc(OC)c(OCCCC(=O)Nc2cn(C)c(C(=O)Nc3cc(C(=O)Cc4cc(C(=O)Nc5cc(C(=O)CCCCN(C)C)n(C)c5)n(C)c4)n(C)c3)n2)cc1[N+](=O)[O-]. The van der Waals surface area contributed by atoms with E-state index >= 15 is 0 Å². The van der Waals surface area contributed by atoms with Crippen LogP contribution in [0.2, 0.25) is 0 Å². The van der Waals surface area contributed by atoms with Crippen LogP contribution in [0.15, 0.2) is 55.1 Å². The monoisotopic (exact) mass is 884 g/mol. The van der Waals surface area contributed by atoms with Crippen LogP contribution in [-0.4, -0.2) is 110 Å². The maximum absolute atomic E-state index is 13.5. The highest BCUT2D eigenvalue weighted by Gasteiger charge is 2.26. The van der Waals surface area contributed by atoms with E-state index in [1.165, 1.54) is 23.9 Å². The molecular formula is C43H52N10O11. The Morgan fingerprint density at radius 2 is 1.36 bits per heavy atom. The van der Waals surface area contributed by atoms with Gasteiger partial charge in [-0.25, -0.2) is 9.78 Å². The summed E-state index contributed by atoms with van der Waals surface area (Å²) in [6.45, 7) is 0.871. The number of anilines is 3. The number of aromatic nitrogens is 5. The van der Waals surface area contributed by atoms with Crippen LogP contribution in [0.3, 0.4) is 0 Å². The third-order valence-corrected chi connectivity index (χ3v) is 10.1. The topological polar surface area (TPSA) is 245 Å². The van der Waals surface area contributed by atoms with E-state index in [1.54, 1.807) is 72.6 Å². The second-order valence-corrected chi connectivity index (χ2v) is 15.3. The van der Waals surface area contributed by atoms with Gasteiger partial charge in [0.05, 0.1) is 54.6 Å². The Kier molecular flexibility index (Phi) is 15.6. The van der Waals surface area contributed by atoms with E-state index in [0.29, 0.717) is 40.4 Å². The number of amides is 3. The van der Waals surface area contributed by atoms with Gasteiger partial charge >= 0.3 is 5.97 Å². The fraction of sp³-hybridized carbons (Fsp3) is 0.372. The van der Waals surface area contributed by atoms with Crippen molar-refractivity contribution in [3.8, 4) is 11.5 Å². The van der Waals surface area contributed by atoms with E-state index in [-0.39, 0.29) is 66.1 Å². The van der Waals surface area contributed by atoms with Crippen molar-refractivity contribution in [1.29, 1.82) is 0 Å². The third-order valence-electron chi connectivity index (χ3n) is 10.1. The normalized spacial score (nSPS) is 11.0. The number of esters is 1. The van der Waals surface area contributed by atoms with Gasteiger partial charge in [0.2, 0.25) is 11.7 Å². The molecule has 5 aromatic rings. The number of carbonyl (C=O) groups is 6. The summed E-state index contributed by atoms with van der Waals surface area (Å²) < 4.78 is 21.8. The van der Waals surface area contributed by atoms with E-state index in [0.717, 1.165) is 38.6 Å². The Morgan fingerprint density at radius 1 is 0.719 bits per heavy atom. The molecule has 5 rings (SSSR count). The van der Waals surface area contributed by atoms with E-state index in [2.05, 4.69) is 30.6 Å². The van der Waals surface area contributed by atoms with Gasteiger partial charge in [0.25, 0.3) is 17.5 Å². The van der Waals surface area contributed by atoms with Gasteiger partial charge < -0.3 is 53.3 Å². The predicted octanol–water partition coefficient (Wildman–Crippen LogP) is 4.78. The van der Waals surface area contributed by atoms with E-state index in [1.807, 2.05) is 14.1 Å². The van der Waals surface area contributed by atoms with Crippen LogP contribution in [0.25, 0.3) is 0 Å². The van der Waals surface area contributed by atoms with Gasteiger partial charge in [-0.15, -0.1) is 0 Å². The van der Waals surface area contributed by atoms with E-state index < -0.39 is 34.3 Å². The molecule has 0 bridgehead atoms. The smallest absolute Gasteiger partial charge is 0.345 e. The number of unbranched alkanes of at least 4 members (excludes halogenated alkanes) is 1. The lowest BCUT2D eigenvalue weighted by molar-refractivity contribution is -0.385. The number of nitrogens with zero attached hydrogens (tertiary/aromatic N) is 7. The zero-order valence-electron chi connectivity index (χ0n) is 37.0. The zero-order valence-corrected chi connectivity index (χ0v) is 37.0. The molecule has 0 aliphatic heterocycles. The van der Waals surface area contributed by atoms with Gasteiger partial charge in [0, 0.05) is 78.3 Å². The zero-order chi connectivity index (χ0) is 46.8. The first-order valence-electron chi connectivity index (χ1n) is 20.1. The highest BCUT2D eigenvalue weighted by atomic mass is 16.6. The summed E-state index contributed by atoms with van der Waals surface area (Å²) in [6, 6.07) is 7.02. The highest BCUT2D eigenvalue weighted by molar-refractivity contribution is 6.06. The molecule has 4 heterocycles. The molecule has 21 nitrogen and oxygen atoms in total. The fourth-order valence-corrected chi connectivity index (χ4v) is 6.88. The average Bonchev–Trinajstić information content (AvgIpc) is 4.01. The highest BCUT2D eigenvalue weighted by Crippen LogP contribution is 2.35. The van der Waals surface area contributed by atoms with Crippen molar-refractivity contribution >= 4 is 58.1 Å². The fourth-order valence-electron chi connectivity index (χ4n) is 6.88. The van der Waals surface area contributed by atoms with Crippen molar-refractivity contribution < 1.29 is 47.9 Å². The molecule has 0 fully saturated rings. The number of carbonyl (C=O) groups excluding carboxylic acids is 6. The summed E-state index contributed by atoms with van der Waals surface area (Å²) in [6.07, 6.45) is 8.63. The van der Waals surface area contributed by atoms with Crippen LogP contribution in [0.4, 0.5) is 22.9 Å². The molecule has 21 heteroatoms. The number of nitro groups is 1. The van der Waals surface area contributed by atoms with Gasteiger partial charge in [-0.1, -0.05) is 0 Å². The Labute approximate surface area is 368 Å². The minimum Gasteiger partial charge on any atom is -0.493 e. The van der Waals surface area contributed by atoms with Gasteiger partial charge in [-0.05, 0) is 63.7 Å². The maximum Gasteiger partial charge on any atom is 0.345 e. The molecule has 0 atom stereocenters. The second-order valence-electron chi connectivity index (χ2n) is 15.3. The number of hydrogen-bond acceptors (Lipinski definition) is 13. The summed E-state index contributed by atoms with van der Waals surface area (Å²) in [5, 5.41) is 19.7. The third kappa shape index (κ3) is 11.9. The first kappa shape index (κ1) is 47.5. The van der Waals surface area contributed by atoms with Crippen molar-refractivity contribution in [2.75, 3.05) is 57.4 Å². The molecule has 0 aliphatic carbocycles. The minimum absolute atomic E-state index is 0.000400. The number of hydrogen-bond donors (Lipinski definition) is 3. The minimum atomic E-state index is -0.915. The molecule has 1 aromatic carbocycles.